The van der Waals surface area contributed by atoms with Crippen molar-refractivity contribution >= 4 is 29.2 Å². The average Bonchev–Trinajstić information content (AvgIpc) is 2.44. The minimum absolute atomic E-state index is 0.154. The summed E-state index contributed by atoms with van der Waals surface area (Å²) in [5.74, 6) is -0.572. The molecule has 116 valence electrons. The van der Waals surface area contributed by atoms with E-state index in [4.69, 9.17) is 23.2 Å². The van der Waals surface area contributed by atoms with Crippen LogP contribution in [0, 0.1) is 11.3 Å². The fourth-order valence-electron chi connectivity index (χ4n) is 2.87. The van der Waals surface area contributed by atoms with E-state index in [0.29, 0.717) is 16.6 Å². The summed E-state index contributed by atoms with van der Waals surface area (Å²) in [7, 11) is 0. The number of hydrogen-bond acceptors (Lipinski definition) is 2. The summed E-state index contributed by atoms with van der Waals surface area (Å²) < 4.78 is 0. The lowest BCUT2D eigenvalue weighted by Gasteiger charge is -2.39. The second kappa shape index (κ2) is 6.55. The van der Waals surface area contributed by atoms with Crippen molar-refractivity contribution in [2.75, 3.05) is 13.1 Å². The van der Waals surface area contributed by atoms with Gasteiger partial charge in [-0.2, -0.15) is 0 Å². The minimum atomic E-state index is -0.727. The third-order valence-corrected chi connectivity index (χ3v) is 5.36. The van der Waals surface area contributed by atoms with Gasteiger partial charge in [-0.15, -0.1) is 0 Å². The van der Waals surface area contributed by atoms with Crippen molar-refractivity contribution in [2.45, 2.75) is 33.2 Å². The van der Waals surface area contributed by atoms with Crippen LogP contribution in [0.2, 0.25) is 10.0 Å². The van der Waals surface area contributed by atoms with Crippen LogP contribution >= 0.6 is 23.2 Å². The summed E-state index contributed by atoms with van der Waals surface area (Å²) in [4.78, 5) is 13.7. The minimum Gasteiger partial charge on any atom is -0.481 e. The van der Waals surface area contributed by atoms with Gasteiger partial charge in [-0.05, 0) is 50.8 Å². The molecule has 3 nitrogen and oxygen atoms in total. The smallest absolute Gasteiger partial charge is 0.309 e. The predicted molar refractivity (Wildman–Crippen MR) is 85.9 cm³/mol. The number of aliphatic carboxylic acids is 1. The van der Waals surface area contributed by atoms with E-state index < -0.39 is 11.4 Å². The molecule has 0 amide bonds. The van der Waals surface area contributed by atoms with Gasteiger partial charge in [-0.1, -0.05) is 35.3 Å². The Balaban J connectivity index is 2.08. The Morgan fingerprint density at radius 3 is 2.81 bits per heavy atom. The monoisotopic (exact) mass is 329 g/mol. The Bertz CT molecular complexity index is 531. The van der Waals surface area contributed by atoms with E-state index >= 15 is 0 Å². The van der Waals surface area contributed by atoms with Gasteiger partial charge >= 0.3 is 5.97 Å². The highest BCUT2D eigenvalue weighted by Crippen LogP contribution is 2.35. The van der Waals surface area contributed by atoms with Crippen molar-refractivity contribution in [1.29, 1.82) is 0 Å². The van der Waals surface area contributed by atoms with Gasteiger partial charge in [0.15, 0.2) is 0 Å². The number of hydrogen-bond donors (Lipinski definition) is 1. The second-order valence-corrected chi connectivity index (χ2v) is 7.10. The number of piperidine rings is 1. The van der Waals surface area contributed by atoms with Crippen molar-refractivity contribution in [2.24, 2.45) is 11.3 Å². The van der Waals surface area contributed by atoms with Crippen LogP contribution in [-0.4, -0.2) is 29.1 Å². The van der Waals surface area contributed by atoms with Crippen molar-refractivity contribution in [3.63, 3.8) is 0 Å². The fourth-order valence-corrected chi connectivity index (χ4v) is 3.25. The van der Waals surface area contributed by atoms with Gasteiger partial charge < -0.3 is 5.11 Å². The first-order chi connectivity index (χ1) is 9.82. The topological polar surface area (TPSA) is 40.5 Å². The number of benzene rings is 1. The van der Waals surface area contributed by atoms with Crippen LogP contribution in [-0.2, 0) is 11.3 Å². The van der Waals surface area contributed by atoms with E-state index in [1.807, 2.05) is 26.0 Å². The normalized spacial score (nSPS) is 20.5. The maximum Gasteiger partial charge on any atom is 0.309 e. The first-order valence-electron chi connectivity index (χ1n) is 7.21. The average molecular weight is 330 g/mol. The molecule has 1 atom stereocenters. The molecule has 1 N–H and O–H groups in total. The number of nitrogens with zero attached hydrogens (tertiary/aromatic N) is 1. The summed E-state index contributed by atoms with van der Waals surface area (Å²) in [5.41, 5.74) is 0.300. The number of halogens is 2. The molecule has 1 fully saturated rings. The van der Waals surface area contributed by atoms with Crippen LogP contribution in [0.5, 0.6) is 0 Å². The maximum absolute atomic E-state index is 11.4. The molecule has 1 aromatic rings. The molecule has 1 heterocycles. The van der Waals surface area contributed by atoms with Crippen LogP contribution in [0.3, 0.4) is 0 Å². The van der Waals surface area contributed by atoms with Crippen molar-refractivity contribution in [3.05, 3.63) is 33.8 Å². The summed E-state index contributed by atoms with van der Waals surface area (Å²) in [6, 6.07) is 5.65. The summed E-state index contributed by atoms with van der Waals surface area (Å²) in [6.07, 6.45) is 1.97. The van der Waals surface area contributed by atoms with Gasteiger partial charge in [0.1, 0.15) is 0 Å². The molecule has 1 aliphatic rings. The third-order valence-electron chi connectivity index (χ3n) is 4.50. The maximum atomic E-state index is 11.4. The molecule has 1 aliphatic heterocycles. The Morgan fingerprint density at radius 2 is 2.14 bits per heavy atom. The molecule has 0 spiro atoms. The molecule has 0 bridgehead atoms. The van der Waals surface area contributed by atoms with Crippen molar-refractivity contribution in [1.82, 2.24) is 4.90 Å². The highest BCUT2D eigenvalue weighted by atomic mass is 35.5. The van der Waals surface area contributed by atoms with Crippen molar-refractivity contribution < 1.29 is 9.90 Å². The van der Waals surface area contributed by atoms with Gasteiger partial charge in [0.2, 0.25) is 0 Å². The van der Waals surface area contributed by atoms with Crippen LogP contribution in [0.25, 0.3) is 0 Å². The van der Waals surface area contributed by atoms with E-state index in [1.165, 1.54) is 0 Å². The van der Waals surface area contributed by atoms with Crippen molar-refractivity contribution in [3.8, 4) is 0 Å². The molecule has 5 heteroatoms. The van der Waals surface area contributed by atoms with Gasteiger partial charge in [0.25, 0.3) is 0 Å². The Kier molecular flexibility index (Phi) is 5.18. The number of carboxylic acid groups (broad SMARTS) is 1. The standard InChI is InChI=1S/C16H21Cl2NO2/c1-16(2,15(20)21)12-6-4-8-19(10-12)9-11-5-3-7-13(17)14(11)18/h3,5,7,12H,4,6,8-10H2,1-2H3,(H,20,21). The molecule has 0 radical (unpaired) electrons. The van der Waals surface area contributed by atoms with E-state index in [1.54, 1.807) is 6.07 Å². The molecule has 1 unspecified atom stereocenters. The van der Waals surface area contributed by atoms with E-state index in [2.05, 4.69) is 4.90 Å². The largest absolute Gasteiger partial charge is 0.481 e. The molecule has 1 aromatic carbocycles. The zero-order chi connectivity index (χ0) is 15.6. The molecule has 0 aliphatic carbocycles. The summed E-state index contributed by atoms with van der Waals surface area (Å²) >= 11 is 12.3. The first kappa shape index (κ1) is 16.6. The van der Waals surface area contributed by atoms with E-state index in [0.717, 1.165) is 31.5 Å². The molecular formula is C16H21Cl2NO2. The quantitative estimate of drug-likeness (QED) is 0.894. The lowest BCUT2D eigenvalue weighted by molar-refractivity contribution is -0.151. The van der Waals surface area contributed by atoms with E-state index in [9.17, 15) is 9.90 Å². The Hall–Kier alpha value is -0.770. The SMILES string of the molecule is CC(C)(C(=O)O)C1CCCN(Cc2cccc(Cl)c2Cl)C1. The Morgan fingerprint density at radius 1 is 1.43 bits per heavy atom. The zero-order valence-electron chi connectivity index (χ0n) is 12.4. The summed E-state index contributed by atoms with van der Waals surface area (Å²) in [5, 5.41) is 10.6. The predicted octanol–water partition coefficient (Wildman–Crippen LogP) is 4.32. The van der Waals surface area contributed by atoms with Crippen LogP contribution in [0.15, 0.2) is 18.2 Å². The van der Waals surface area contributed by atoms with Gasteiger partial charge in [0, 0.05) is 13.1 Å². The van der Waals surface area contributed by atoms with Crippen LogP contribution < -0.4 is 0 Å². The molecule has 0 saturated carbocycles. The molecule has 21 heavy (non-hydrogen) atoms. The van der Waals surface area contributed by atoms with Crippen LogP contribution in [0.1, 0.15) is 32.3 Å². The molecule has 2 rings (SSSR count). The lowest BCUT2D eigenvalue weighted by Crippen LogP contribution is -2.44. The summed E-state index contributed by atoms with van der Waals surface area (Å²) in [6.45, 7) is 6.09. The number of carbonyl (C=O) groups is 1. The highest BCUT2D eigenvalue weighted by Gasteiger charge is 2.39. The number of rotatable bonds is 4. The van der Waals surface area contributed by atoms with Gasteiger partial charge in [-0.3, -0.25) is 9.69 Å². The zero-order valence-corrected chi connectivity index (χ0v) is 13.9. The lowest BCUT2D eigenvalue weighted by atomic mass is 9.74. The second-order valence-electron chi connectivity index (χ2n) is 6.31. The Labute approximate surface area is 135 Å². The first-order valence-corrected chi connectivity index (χ1v) is 7.96. The number of carboxylic acids is 1. The molecule has 0 aromatic heterocycles. The third kappa shape index (κ3) is 3.71. The highest BCUT2D eigenvalue weighted by molar-refractivity contribution is 6.42. The molecule has 1 saturated heterocycles. The van der Waals surface area contributed by atoms with E-state index in [-0.39, 0.29) is 5.92 Å². The fraction of sp³-hybridized carbons (Fsp3) is 0.562. The van der Waals surface area contributed by atoms with Gasteiger partial charge in [-0.25, -0.2) is 0 Å². The molecular weight excluding hydrogens is 309 g/mol. The number of likely N-dealkylation sites (tertiary alicyclic amines) is 1. The van der Waals surface area contributed by atoms with Crippen LogP contribution in [0.4, 0.5) is 0 Å². The van der Waals surface area contributed by atoms with Gasteiger partial charge in [0.05, 0.1) is 15.5 Å².